The molecule has 26 heavy (non-hydrogen) atoms. The SMILES string of the molecule is CCc1ccc2nc(NC(=O)C(C)OCc3cccc(OC)c3)sc2c1. The number of hydrogen-bond acceptors (Lipinski definition) is 5. The number of nitrogens with one attached hydrogen (secondary N) is 1. The highest BCUT2D eigenvalue weighted by Crippen LogP contribution is 2.27. The summed E-state index contributed by atoms with van der Waals surface area (Å²) in [5, 5.41) is 3.44. The normalized spacial score (nSPS) is 12.1. The molecule has 0 radical (unpaired) electrons. The monoisotopic (exact) mass is 370 g/mol. The standard InChI is InChI=1S/C20H22N2O3S/c1-4-14-8-9-17-18(11-14)26-20(21-17)22-19(23)13(2)25-12-15-6-5-7-16(10-15)24-3/h5-11,13H,4,12H2,1-3H3,(H,21,22,23). The van der Waals surface area contributed by atoms with Crippen LogP contribution in [0.3, 0.4) is 0 Å². The van der Waals surface area contributed by atoms with Crippen molar-refractivity contribution in [2.24, 2.45) is 0 Å². The lowest BCUT2D eigenvalue weighted by Gasteiger charge is -2.12. The van der Waals surface area contributed by atoms with Crippen LogP contribution in [0.1, 0.15) is 25.0 Å². The van der Waals surface area contributed by atoms with E-state index in [1.165, 1.54) is 16.9 Å². The van der Waals surface area contributed by atoms with Crippen molar-refractivity contribution < 1.29 is 14.3 Å². The highest BCUT2D eigenvalue weighted by atomic mass is 32.1. The maximum Gasteiger partial charge on any atom is 0.255 e. The van der Waals surface area contributed by atoms with Crippen molar-refractivity contribution in [2.45, 2.75) is 33.0 Å². The third kappa shape index (κ3) is 4.39. The molecule has 1 heterocycles. The zero-order valence-electron chi connectivity index (χ0n) is 15.1. The van der Waals surface area contributed by atoms with Gasteiger partial charge >= 0.3 is 0 Å². The Morgan fingerprint density at radius 3 is 2.85 bits per heavy atom. The van der Waals surface area contributed by atoms with Gasteiger partial charge in [-0.05, 0) is 48.7 Å². The van der Waals surface area contributed by atoms with Crippen LogP contribution < -0.4 is 10.1 Å². The Kier molecular flexibility index (Phi) is 5.85. The fraction of sp³-hybridized carbons (Fsp3) is 0.300. The van der Waals surface area contributed by atoms with Gasteiger partial charge in [-0.1, -0.05) is 36.5 Å². The van der Waals surface area contributed by atoms with Gasteiger partial charge in [0.25, 0.3) is 5.91 Å². The van der Waals surface area contributed by atoms with Gasteiger partial charge in [0.2, 0.25) is 0 Å². The molecule has 1 aromatic heterocycles. The van der Waals surface area contributed by atoms with E-state index in [0.717, 1.165) is 28.0 Å². The molecule has 136 valence electrons. The first-order valence-corrected chi connectivity index (χ1v) is 9.35. The Morgan fingerprint density at radius 1 is 1.23 bits per heavy atom. The zero-order chi connectivity index (χ0) is 18.5. The molecule has 0 bridgehead atoms. The van der Waals surface area contributed by atoms with Crippen molar-refractivity contribution in [3.63, 3.8) is 0 Å². The quantitative estimate of drug-likeness (QED) is 0.669. The Morgan fingerprint density at radius 2 is 2.08 bits per heavy atom. The molecule has 2 aromatic carbocycles. The summed E-state index contributed by atoms with van der Waals surface area (Å²) in [6.07, 6.45) is 0.393. The lowest BCUT2D eigenvalue weighted by molar-refractivity contribution is -0.127. The van der Waals surface area contributed by atoms with Crippen molar-refractivity contribution in [3.05, 3.63) is 53.6 Å². The molecule has 3 aromatic rings. The maximum absolute atomic E-state index is 12.4. The fourth-order valence-electron chi connectivity index (χ4n) is 2.51. The minimum atomic E-state index is -0.584. The highest BCUT2D eigenvalue weighted by molar-refractivity contribution is 7.22. The van der Waals surface area contributed by atoms with Crippen LogP contribution in [0.5, 0.6) is 5.75 Å². The summed E-state index contributed by atoms with van der Waals surface area (Å²) in [6.45, 7) is 4.19. The molecule has 3 rings (SSSR count). The number of aromatic nitrogens is 1. The average molecular weight is 370 g/mol. The van der Waals surface area contributed by atoms with Crippen molar-refractivity contribution >= 4 is 32.6 Å². The topological polar surface area (TPSA) is 60.5 Å². The van der Waals surface area contributed by atoms with Crippen LogP contribution in [0, 0.1) is 0 Å². The first-order valence-electron chi connectivity index (χ1n) is 8.54. The van der Waals surface area contributed by atoms with Gasteiger partial charge in [-0.15, -0.1) is 0 Å². The van der Waals surface area contributed by atoms with E-state index in [2.05, 4.69) is 29.4 Å². The van der Waals surface area contributed by atoms with Gasteiger partial charge in [-0.2, -0.15) is 0 Å². The molecule has 5 nitrogen and oxygen atoms in total. The number of fused-ring (bicyclic) bond motifs is 1. The lowest BCUT2D eigenvalue weighted by atomic mass is 10.2. The van der Waals surface area contributed by atoms with Gasteiger partial charge in [0.05, 0.1) is 23.9 Å². The molecule has 1 amide bonds. The summed E-state index contributed by atoms with van der Waals surface area (Å²) in [7, 11) is 1.62. The van der Waals surface area contributed by atoms with E-state index < -0.39 is 6.10 Å². The summed E-state index contributed by atoms with van der Waals surface area (Å²) in [5.41, 5.74) is 3.11. The second kappa shape index (κ2) is 8.29. The van der Waals surface area contributed by atoms with E-state index in [0.29, 0.717) is 11.7 Å². The number of benzene rings is 2. The number of amides is 1. The van der Waals surface area contributed by atoms with Gasteiger partial charge in [0, 0.05) is 0 Å². The van der Waals surface area contributed by atoms with Crippen molar-refractivity contribution in [2.75, 3.05) is 12.4 Å². The number of carbonyl (C=O) groups excluding carboxylic acids is 1. The molecule has 6 heteroatoms. The molecule has 1 unspecified atom stereocenters. The number of rotatable bonds is 7. The van der Waals surface area contributed by atoms with Crippen LogP contribution in [0.15, 0.2) is 42.5 Å². The summed E-state index contributed by atoms with van der Waals surface area (Å²) in [5.74, 6) is 0.562. The second-order valence-electron chi connectivity index (χ2n) is 5.97. The number of thiazole rings is 1. The first kappa shape index (κ1) is 18.4. The third-order valence-electron chi connectivity index (χ3n) is 4.09. The van der Waals surface area contributed by atoms with Gasteiger partial charge in [-0.3, -0.25) is 10.1 Å². The lowest BCUT2D eigenvalue weighted by Crippen LogP contribution is -2.27. The minimum Gasteiger partial charge on any atom is -0.497 e. The minimum absolute atomic E-state index is 0.206. The molecule has 0 saturated carbocycles. The molecule has 0 aliphatic heterocycles. The van der Waals surface area contributed by atoms with E-state index in [4.69, 9.17) is 9.47 Å². The summed E-state index contributed by atoms with van der Waals surface area (Å²) >= 11 is 1.48. The third-order valence-corrected chi connectivity index (χ3v) is 5.03. The predicted molar refractivity (Wildman–Crippen MR) is 105 cm³/mol. The van der Waals surface area contributed by atoms with Crippen molar-refractivity contribution in [1.82, 2.24) is 4.98 Å². The first-order chi connectivity index (χ1) is 12.6. The summed E-state index contributed by atoms with van der Waals surface area (Å²) < 4.78 is 11.9. The average Bonchev–Trinajstić information content (AvgIpc) is 3.07. The number of ether oxygens (including phenoxy) is 2. The van der Waals surface area contributed by atoms with Crippen LogP contribution in [0.4, 0.5) is 5.13 Å². The summed E-state index contributed by atoms with van der Waals surface area (Å²) in [6, 6.07) is 13.8. The van der Waals surface area contributed by atoms with E-state index in [1.807, 2.05) is 30.3 Å². The van der Waals surface area contributed by atoms with E-state index in [1.54, 1.807) is 14.0 Å². The van der Waals surface area contributed by atoms with Crippen LogP contribution >= 0.6 is 11.3 Å². The Hall–Kier alpha value is -2.44. The Labute approximate surface area is 157 Å². The Balaban J connectivity index is 1.60. The molecule has 0 spiro atoms. The largest absolute Gasteiger partial charge is 0.497 e. The molecule has 0 fully saturated rings. The Bertz CT molecular complexity index is 907. The zero-order valence-corrected chi connectivity index (χ0v) is 15.9. The molecule has 1 N–H and O–H groups in total. The predicted octanol–water partition coefficient (Wildman–Crippen LogP) is 4.41. The van der Waals surface area contributed by atoms with Crippen LogP contribution in [0.25, 0.3) is 10.2 Å². The number of anilines is 1. The van der Waals surface area contributed by atoms with Crippen molar-refractivity contribution in [3.8, 4) is 5.75 Å². The van der Waals surface area contributed by atoms with Gasteiger partial charge in [0.1, 0.15) is 11.9 Å². The number of hydrogen-bond donors (Lipinski definition) is 1. The van der Waals surface area contributed by atoms with Gasteiger partial charge < -0.3 is 9.47 Å². The van der Waals surface area contributed by atoms with E-state index in [-0.39, 0.29) is 5.91 Å². The fourth-order valence-corrected chi connectivity index (χ4v) is 3.44. The molecular formula is C20H22N2O3S. The second-order valence-corrected chi connectivity index (χ2v) is 7.00. The molecule has 0 aliphatic rings. The molecular weight excluding hydrogens is 348 g/mol. The summed E-state index contributed by atoms with van der Waals surface area (Å²) in [4.78, 5) is 16.8. The molecule has 0 saturated heterocycles. The number of carbonyl (C=O) groups is 1. The smallest absolute Gasteiger partial charge is 0.255 e. The van der Waals surface area contributed by atoms with Crippen LogP contribution in [-0.2, 0) is 22.6 Å². The van der Waals surface area contributed by atoms with E-state index >= 15 is 0 Å². The molecule has 1 atom stereocenters. The van der Waals surface area contributed by atoms with Crippen molar-refractivity contribution in [1.29, 1.82) is 0 Å². The van der Waals surface area contributed by atoms with Gasteiger partial charge in [-0.25, -0.2) is 4.98 Å². The highest BCUT2D eigenvalue weighted by Gasteiger charge is 2.16. The number of aryl methyl sites for hydroxylation is 1. The van der Waals surface area contributed by atoms with Crippen LogP contribution in [-0.4, -0.2) is 24.1 Å². The molecule has 0 aliphatic carbocycles. The maximum atomic E-state index is 12.4. The van der Waals surface area contributed by atoms with Gasteiger partial charge in [0.15, 0.2) is 5.13 Å². The van der Waals surface area contributed by atoms with Crippen LogP contribution in [0.2, 0.25) is 0 Å². The van der Waals surface area contributed by atoms with E-state index in [9.17, 15) is 4.79 Å². The number of methoxy groups -OCH3 is 1. The number of nitrogens with zero attached hydrogens (tertiary/aromatic N) is 1.